The molecule has 9 nitrogen and oxygen atoms in total. The Kier molecular flexibility index (Phi) is 3.31. The number of nitrogens with zero attached hydrogens (tertiary/aromatic N) is 5. The lowest BCUT2D eigenvalue weighted by molar-refractivity contribution is -0.384. The van der Waals surface area contributed by atoms with Gasteiger partial charge in [0.1, 0.15) is 5.69 Å². The molecule has 2 aliphatic heterocycles. The fourth-order valence-corrected chi connectivity index (χ4v) is 5.77. The average Bonchev–Trinajstić information content (AvgIpc) is 3.34. The minimum Gasteiger partial charge on any atom is -0.277 e. The highest BCUT2D eigenvalue weighted by Gasteiger charge is 2.70. The van der Waals surface area contributed by atoms with Crippen LogP contribution in [-0.4, -0.2) is 39.3 Å². The van der Waals surface area contributed by atoms with E-state index in [0.717, 1.165) is 6.42 Å². The van der Waals surface area contributed by atoms with Crippen molar-refractivity contribution in [2.75, 3.05) is 5.01 Å². The Balaban J connectivity index is 1.53. The van der Waals surface area contributed by atoms with E-state index in [9.17, 15) is 19.7 Å². The van der Waals surface area contributed by atoms with E-state index >= 15 is 0 Å². The van der Waals surface area contributed by atoms with Crippen LogP contribution < -0.4 is 5.01 Å². The molecule has 0 N–H and O–H groups in total. The molecule has 0 aromatic heterocycles. The summed E-state index contributed by atoms with van der Waals surface area (Å²) in [5.41, 5.74) is -0.212. The first-order valence-electron chi connectivity index (χ1n) is 9.53. The minimum atomic E-state index is -0.563. The van der Waals surface area contributed by atoms with E-state index in [1.165, 1.54) is 11.0 Å². The topological polar surface area (TPSA) is 108 Å². The van der Waals surface area contributed by atoms with Gasteiger partial charge in [-0.05, 0) is 45.1 Å². The predicted octanol–water partition coefficient (Wildman–Crippen LogP) is 2.57. The number of carbonyl (C=O) groups is 2. The molecule has 6 atom stereocenters. The zero-order valence-corrected chi connectivity index (χ0v) is 15.8. The third-order valence-electron chi connectivity index (χ3n) is 6.65. The Morgan fingerprint density at radius 1 is 1.11 bits per heavy atom. The van der Waals surface area contributed by atoms with Gasteiger partial charge < -0.3 is 0 Å². The highest BCUT2D eigenvalue weighted by Crippen LogP contribution is 2.61. The Hall–Kier alpha value is -2.84. The number of nitro groups is 1. The fourth-order valence-electron chi connectivity index (χ4n) is 5.77. The Morgan fingerprint density at radius 2 is 1.75 bits per heavy atom. The SMILES string of the molecule is CC(C)(C)N1C(=O)[C@H]2[C@@H]3C[C@@H]([C@@H]2C1=O)[C@@H]1[C@@H]3N=NN1c1ccccc1[N+](=O)[O-]. The monoisotopic (exact) mass is 383 g/mol. The van der Waals surface area contributed by atoms with Crippen LogP contribution in [0, 0.1) is 33.8 Å². The molecule has 1 aromatic rings. The molecule has 3 fully saturated rings. The summed E-state index contributed by atoms with van der Waals surface area (Å²) in [5.74, 6) is -1.08. The second-order valence-electron chi connectivity index (χ2n) is 9.07. The maximum Gasteiger partial charge on any atom is 0.294 e. The summed E-state index contributed by atoms with van der Waals surface area (Å²) in [6.45, 7) is 5.60. The van der Waals surface area contributed by atoms with Crippen molar-refractivity contribution in [2.45, 2.75) is 44.8 Å². The van der Waals surface area contributed by atoms with Gasteiger partial charge in [-0.15, -0.1) is 0 Å². The van der Waals surface area contributed by atoms with Gasteiger partial charge >= 0.3 is 0 Å². The quantitative estimate of drug-likeness (QED) is 0.443. The van der Waals surface area contributed by atoms with E-state index in [-0.39, 0.29) is 53.3 Å². The van der Waals surface area contributed by atoms with Gasteiger partial charge in [-0.1, -0.05) is 17.4 Å². The number of hydrogen-bond donors (Lipinski definition) is 0. The molecule has 2 bridgehead atoms. The van der Waals surface area contributed by atoms with E-state index in [2.05, 4.69) is 10.3 Å². The standard InChI is InChI=1S/C19H21N5O4/c1-19(2,3)22-17(25)13-9-8-10(14(13)18(22)26)16-15(9)20-21-23(16)11-6-4-5-7-12(11)24(27)28/h4-7,9-10,13-16H,8H2,1-3H3/t9-,10-,13-,14-,15+,16+/m0/s1. The number of likely N-dealkylation sites (tertiary alicyclic amines) is 1. The molecule has 2 heterocycles. The number of benzene rings is 1. The minimum absolute atomic E-state index is 0.0356. The summed E-state index contributed by atoms with van der Waals surface area (Å²) in [5, 5.41) is 21.7. The normalized spacial score (nSPS) is 35.7. The average molecular weight is 383 g/mol. The van der Waals surface area contributed by atoms with Crippen molar-refractivity contribution in [1.29, 1.82) is 0 Å². The molecule has 28 heavy (non-hydrogen) atoms. The van der Waals surface area contributed by atoms with Crippen LogP contribution in [0.1, 0.15) is 27.2 Å². The van der Waals surface area contributed by atoms with Crippen molar-refractivity contribution < 1.29 is 14.5 Å². The number of nitro benzene ring substituents is 1. The summed E-state index contributed by atoms with van der Waals surface area (Å²) in [4.78, 5) is 38.6. The highest BCUT2D eigenvalue weighted by molar-refractivity contribution is 6.07. The van der Waals surface area contributed by atoms with Crippen molar-refractivity contribution in [3.8, 4) is 0 Å². The molecule has 5 rings (SSSR count). The van der Waals surface area contributed by atoms with Crippen LogP contribution in [0.2, 0.25) is 0 Å². The van der Waals surface area contributed by atoms with Gasteiger partial charge in [-0.3, -0.25) is 24.6 Å². The summed E-state index contributed by atoms with van der Waals surface area (Å²) in [6, 6.07) is 6.02. The maximum atomic E-state index is 13.2. The van der Waals surface area contributed by atoms with Crippen molar-refractivity contribution in [3.05, 3.63) is 34.4 Å². The summed E-state index contributed by atoms with van der Waals surface area (Å²) >= 11 is 0. The number of imide groups is 1. The maximum absolute atomic E-state index is 13.2. The van der Waals surface area contributed by atoms with Crippen molar-refractivity contribution in [1.82, 2.24) is 4.90 Å². The molecule has 2 saturated carbocycles. The van der Waals surface area contributed by atoms with Gasteiger partial charge in [0, 0.05) is 11.6 Å². The summed E-state index contributed by atoms with van der Waals surface area (Å²) < 4.78 is 0. The summed E-state index contributed by atoms with van der Waals surface area (Å²) in [6.07, 6.45) is 0.732. The third-order valence-corrected chi connectivity index (χ3v) is 6.65. The van der Waals surface area contributed by atoms with E-state index in [0.29, 0.717) is 5.69 Å². The van der Waals surface area contributed by atoms with Gasteiger partial charge in [0.25, 0.3) is 5.69 Å². The lowest BCUT2D eigenvalue weighted by Crippen LogP contribution is -2.47. The number of carbonyl (C=O) groups excluding carboxylic acids is 2. The first kappa shape index (κ1) is 17.3. The lowest BCUT2D eigenvalue weighted by atomic mass is 9.76. The van der Waals surface area contributed by atoms with E-state index in [4.69, 9.17) is 0 Å². The van der Waals surface area contributed by atoms with Gasteiger partial charge in [-0.2, -0.15) is 5.11 Å². The van der Waals surface area contributed by atoms with E-state index in [1.807, 2.05) is 20.8 Å². The van der Waals surface area contributed by atoms with Crippen molar-refractivity contribution in [3.63, 3.8) is 0 Å². The first-order chi connectivity index (χ1) is 13.2. The zero-order valence-electron chi connectivity index (χ0n) is 15.8. The van der Waals surface area contributed by atoms with Gasteiger partial charge in [0.2, 0.25) is 11.8 Å². The second kappa shape index (κ2) is 5.36. The Labute approximate surface area is 161 Å². The molecular formula is C19H21N5O4. The van der Waals surface area contributed by atoms with Gasteiger partial charge in [-0.25, -0.2) is 5.01 Å². The van der Waals surface area contributed by atoms with Crippen LogP contribution in [0.15, 0.2) is 34.6 Å². The van der Waals surface area contributed by atoms with Crippen LogP contribution in [0.25, 0.3) is 0 Å². The second-order valence-corrected chi connectivity index (χ2v) is 9.07. The van der Waals surface area contributed by atoms with Crippen LogP contribution in [0.5, 0.6) is 0 Å². The van der Waals surface area contributed by atoms with Crippen LogP contribution in [0.3, 0.4) is 0 Å². The lowest BCUT2D eigenvalue weighted by Gasteiger charge is -2.33. The van der Waals surface area contributed by atoms with Gasteiger partial charge in [0.15, 0.2) is 0 Å². The third kappa shape index (κ3) is 2.01. The summed E-state index contributed by atoms with van der Waals surface area (Å²) in [7, 11) is 0. The molecule has 2 amide bonds. The molecule has 9 heteroatoms. The molecular weight excluding hydrogens is 362 g/mol. The number of anilines is 1. The Morgan fingerprint density at radius 3 is 2.39 bits per heavy atom. The fraction of sp³-hybridized carbons (Fsp3) is 0.579. The Bertz CT molecular complexity index is 938. The van der Waals surface area contributed by atoms with Crippen LogP contribution in [-0.2, 0) is 9.59 Å². The number of rotatable bonds is 2. The number of fused-ring (bicyclic) bond motifs is 8. The van der Waals surface area contributed by atoms with E-state index < -0.39 is 10.5 Å². The smallest absolute Gasteiger partial charge is 0.277 e. The molecule has 4 aliphatic rings. The largest absolute Gasteiger partial charge is 0.294 e. The van der Waals surface area contributed by atoms with Crippen molar-refractivity contribution >= 4 is 23.2 Å². The van der Waals surface area contributed by atoms with Crippen LogP contribution in [0.4, 0.5) is 11.4 Å². The zero-order chi connectivity index (χ0) is 20.0. The van der Waals surface area contributed by atoms with E-state index in [1.54, 1.807) is 23.2 Å². The number of para-hydroxylation sites is 2. The first-order valence-corrected chi connectivity index (χ1v) is 9.53. The highest BCUT2D eigenvalue weighted by atomic mass is 16.6. The molecule has 1 saturated heterocycles. The number of hydrogen-bond acceptors (Lipinski definition) is 7. The molecule has 0 radical (unpaired) electrons. The van der Waals surface area contributed by atoms with Crippen LogP contribution >= 0.6 is 0 Å². The van der Waals surface area contributed by atoms with Gasteiger partial charge in [0.05, 0.1) is 28.8 Å². The molecule has 2 aliphatic carbocycles. The molecule has 146 valence electrons. The van der Waals surface area contributed by atoms with Crippen molar-refractivity contribution in [2.24, 2.45) is 34.0 Å². The molecule has 0 spiro atoms. The molecule has 0 unspecified atom stereocenters. The molecule has 1 aromatic carbocycles. The number of amides is 2. The predicted molar refractivity (Wildman–Crippen MR) is 98.2 cm³/mol.